The van der Waals surface area contributed by atoms with Crippen molar-refractivity contribution in [3.8, 4) is 5.75 Å². The number of fused-ring (bicyclic) bond motifs is 1. The highest BCUT2D eigenvalue weighted by Crippen LogP contribution is 2.45. The fourth-order valence-electron chi connectivity index (χ4n) is 2.56. The Morgan fingerprint density at radius 3 is 2.80 bits per heavy atom. The van der Waals surface area contributed by atoms with Gasteiger partial charge in [-0.15, -0.1) is 0 Å². The highest BCUT2D eigenvalue weighted by atomic mass is 16.5. The first kappa shape index (κ1) is 11.5. The maximum atomic E-state index is 6.12. The molecule has 4 rings (SSSR count). The zero-order valence-electron chi connectivity index (χ0n) is 11.2. The van der Waals surface area contributed by atoms with Gasteiger partial charge >= 0.3 is 0 Å². The Labute approximate surface area is 117 Å². The van der Waals surface area contributed by atoms with Gasteiger partial charge in [0, 0.05) is 18.0 Å². The molecule has 0 spiro atoms. The van der Waals surface area contributed by atoms with Gasteiger partial charge in [0.25, 0.3) is 0 Å². The topological polar surface area (TPSA) is 37.9 Å². The lowest BCUT2D eigenvalue weighted by Gasteiger charge is -2.12. The minimum absolute atomic E-state index is 0.596. The molecule has 20 heavy (non-hydrogen) atoms. The van der Waals surface area contributed by atoms with Crippen molar-refractivity contribution >= 4 is 11.0 Å². The SMILES string of the molecule is c1ccc(COc2c(C3CC3)cnc3cc[nH]c23)cc1. The number of hydrogen-bond donors (Lipinski definition) is 1. The van der Waals surface area contributed by atoms with E-state index in [1.54, 1.807) is 0 Å². The summed E-state index contributed by atoms with van der Waals surface area (Å²) < 4.78 is 6.12. The van der Waals surface area contributed by atoms with Crippen molar-refractivity contribution in [1.82, 2.24) is 9.97 Å². The van der Waals surface area contributed by atoms with Crippen molar-refractivity contribution in [1.29, 1.82) is 0 Å². The normalized spacial score (nSPS) is 14.6. The summed E-state index contributed by atoms with van der Waals surface area (Å²) in [5.41, 5.74) is 4.42. The Bertz CT molecular complexity index is 729. The standard InChI is InChI=1S/C17H16N2O/c1-2-4-12(5-3-1)11-20-17-14(13-6-7-13)10-19-15-8-9-18-16(15)17/h1-5,8-10,13,18H,6-7,11H2. The van der Waals surface area contributed by atoms with Crippen LogP contribution in [-0.4, -0.2) is 9.97 Å². The Kier molecular flexibility index (Phi) is 2.69. The summed E-state index contributed by atoms with van der Waals surface area (Å²) in [4.78, 5) is 7.77. The molecule has 1 aromatic carbocycles. The zero-order valence-corrected chi connectivity index (χ0v) is 11.2. The van der Waals surface area contributed by atoms with Crippen LogP contribution in [-0.2, 0) is 6.61 Å². The van der Waals surface area contributed by atoms with E-state index in [2.05, 4.69) is 22.1 Å². The lowest BCUT2D eigenvalue weighted by molar-refractivity contribution is 0.306. The van der Waals surface area contributed by atoms with Gasteiger partial charge in [-0.05, 0) is 30.4 Å². The predicted octanol–water partition coefficient (Wildman–Crippen LogP) is 4.02. The molecule has 1 aliphatic carbocycles. The number of aromatic nitrogens is 2. The monoisotopic (exact) mass is 264 g/mol. The molecule has 0 saturated heterocycles. The summed E-state index contributed by atoms with van der Waals surface area (Å²) in [7, 11) is 0. The molecule has 3 aromatic rings. The Hall–Kier alpha value is -2.29. The second-order valence-electron chi connectivity index (χ2n) is 5.33. The molecule has 0 radical (unpaired) electrons. The van der Waals surface area contributed by atoms with E-state index in [1.807, 2.05) is 36.7 Å². The third kappa shape index (κ3) is 2.05. The van der Waals surface area contributed by atoms with Crippen LogP contribution in [0.1, 0.15) is 29.9 Å². The molecule has 0 atom stereocenters. The second-order valence-corrected chi connectivity index (χ2v) is 5.33. The lowest BCUT2D eigenvalue weighted by Crippen LogP contribution is -1.99. The van der Waals surface area contributed by atoms with Crippen molar-refractivity contribution in [2.75, 3.05) is 0 Å². The van der Waals surface area contributed by atoms with E-state index >= 15 is 0 Å². The Morgan fingerprint density at radius 1 is 1.15 bits per heavy atom. The third-order valence-corrected chi connectivity index (χ3v) is 3.80. The van der Waals surface area contributed by atoms with Crippen LogP contribution in [0.2, 0.25) is 0 Å². The van der Waals surface area contributed by atoms with Gasteiger partial charge in [-0.2, -0.15) is 0 Å². The number of rotatable bonds is 4. The summed E-state index contributed by atoms with van der Waals surface area (Å²) in [6.45, 7) is 0.596. The molecule has 1 fully saturated rings. The number of benzene rings is 1. The molecule has 3 nitrogen and oxygen atoms in total. The smallest absolute Gasteiger partial charge is 0.150 e. The average molecular weight is 264 g/mol. The summed E-state index contributed by atoms with van der Waals surface area (Å²) >= 11 is 0. The van der Waals surface area contributed by atoms with Crippen LogP contribution < -0.4 is 4.74 Å². The van der Waals surface area contributed by atoms with E-state index in [0.29, 0.717) is 12.5 Å². The van der Waals surface area contributed by atoms with Gasteiger partial charge in [0.2, 0.25) is 0 Å². The molecular weight excluding hydrogens is 248 g/mol. The highest BCUT2D eigenvalue weighted by Gasteiger charge is 2.28. The van der Waals surface area contributed by atoms with Crippen molar-refractivity contribution in [3.05, 3.63) is 59.9 Å². The minimum atomic E-state index is 0.596. The van der Waals surface area contributed by atoms with Gasteiger partial charge in [0.05, 0.1) is 5.52 Å². The van der Waals surface area contributed by atoms with E-state index in [1.165, 1.54) is 24.0 Å². The van der Waals surface area contributed by atoms with Crippen molar-refractivity contribution in [2.45, 2.75) is 25.4 Å². The molecule has 1 N–H and O–H groups in total. The maximum absolute atomic E-state index is 6.12. The molecule has 3 heteroatoms. The number of hydrogen-bond acceptors (Lipinski definition) is 2. The minimum Gasteiger partial charge on any atom is -0.486 e. The highest BCUT2D eigenvalue weighted by molar-refractivity contribution is 5.83. The number of nitrogens with zero attached hydrogens (tertiary/aromatic N) is 1. The number of aromatic amines is 1. The fourth-order valence-corrected chi connectivity index (χ4v) is 2.56. The quantitative estimate of drug-likeness (QED) is 0.773. The molecule has 2 aromatic heterocycles. The van der Waals surface area contributed by atoms with Crippen LogP contribution in [0.25, 0.3) is 11.0 Å². The molecule has 0 bridgehead atoms. The van der Waals surface area contributed by atoms with Crippen LogP contribution >= 0.6 is 0 Å². The first-order valence-corrected chi connectivity index (χ1v) is 7.04. The van der Waals surface area contributed by atoms with Crippen LogP contribution in [0.15, 0.2) is 48.8 Å². The molecule has 0 amide bonds. The largest absolute Gasteiger partial charge is 0.486 e. The molecular formula is C17H16N2O. The van der Waals surface area contributed by atoms with Crippen molar-refractivity contribution < 1.29 is 4.74 Å². The molecule has 0 unspecified atom stereocenters. The van der Waals surface area contributed by atoms with E-state index in [4.69, 9.17) is 4.74 Å². The van der Waals surface area contributed by atoms with Crippen molar-refractivity contribution in [2.24, 2.45) is 0 Å². The molecule has 2 heterocycles. The van der Waals surface area contributed by atoms with Crippen LogP contribution in [0, 0.1) is 0 Å². The first-order chi connectivity index (χ1) is 9.92. The van der Waals surface area contributed by atoms with Crippen LogP contribution in [0.4, 0.5) is 0 Å². The van der Waals surface area contributed by atoms with Gasteiger partial charge < -0.3 is 9.72 Å². The molecule has 100 valence electrons. The van der Waals surface area contributed by atoms with Gasteiger partial charge in [0.15, 0.2) is 0 Å². The molecule has 0 aliphatic heterocycles. The zero-order chi connectivity index (χ0) is 13.4. The average Bonchev–Trinajstić information content (AvgIpc) is 3.23. The number of ether oxygens (including phenoxy) is 1. The fraction of sp³-hybridized carbons (Fsp3) is 0.235. The van der Waals surface area contributed by atoms with E-state index in [0.717, 1.165) is 16.8 Å². The Morgan fingerprint density at radius 2 is 2.00 bits per heavy atom. The van der Waals surface area contributed by atoms with E-state index in [9.17, 15) is 0 Å². The van der Waals surface area contributed by atoms with Crippen molar-refractivity contribution in [3.63, 3.8) is 0 Å². The summed E-state index contributed by atoms with van der Waals surface area (Å²) in [6.07, 6.45) is 6.39. The predicted molar refractivity (Wildman–Crippen MR) is 78.8 cm³/mol. The van der Waals surface area contributed by atoms with Crippen LogP contribution in [0.5, 0.6) is 5.75 Å². The summed E-state index contributed by atoms with van der Waals surface area (Å²) in [6, 6.07) is 12.3. The van der Waals surface area contributed by atoms with Crippen LogP contribution in [0.3, 0.4) is 0 Å². The summed E-state index contributed by atoms with van der Waals surface area (Å²) in [5.74, 6) is 1.60. The second kappa shape index (κ2) is 4.67. The lowest BCUT2D eigenvalue weighted by atomic mass is 10.1. The van der Waals surface area contributed by atoms with E-state index < -0.39 is 0 Å². The number of pyridine rings is 1. The van der Waals surface area contributed by atoms with Gasteiger partial charge in [-0.3, -0.25) is 4.98 Å². The van der Waals surface area contributed by atoms with Gasteiger partial charge in [0.1, 0.15) is 17.9 Å². The van der Waals surface area contributed by atoms with Gasteiger partial charge in [-0.25, -0.2) is 0 Å². The molecule has 1 saturated carbocycles. The molecule has 1 aliphatic rings. The number of H-pyrrole nitrogens is 1. The number of nitrogens with one attached hydrogen (secondary N) is 1. The first-order valence-electron chi connectivity index (χ1n) is 7.04. The Balaban J connectivity index is 1.70. The third-order valence-electron chi connectivity index (χ3n) is 3.80. The van der Waals surface area contributed by atoms with Gasteiger partial charge in [-0.1, -0.05) is 30.3 Å². The van der Waals surface area contributed by atoms with E-state index in [-0.39, 0.29) is 0 Å². The maximum Gasteiger partial charge on any atom is 0.150 e. The summed E-state index contributed by atoms with van der Waals surface area (Å²) in [5, 5.41) is 0.